The molecule has 2 aliphatic heterocycles. The average molecular weight is 493 g/mol. The zero-order chi connectivity index (χ0) is 21.5. The van der Waals surface area contributed by atoms with Crippen LogP contribution in [0.1, 0.15) is 6.42 Å². The maximum atomic E-state index is 12.8. The van der Waals surface area contributed by atoms with E-state index in [1.165, 1.54) is 4.31 Å². The normalized spacial score (nSPS) is 23.0. The highest BCUT2D eigenvalue weighted by molar-refractivity contribution is 7.95. The van der Waals surface area contributed by atoms with E-state index in [0.717, 1.165) is 5.56 Å². The first-order chi connectivity index (χ1) is 14.1. The van der Waals surface area contributed by atoms with Crippen LogP contribution in [0.25, 0.3) is 11.5 Å². The van der Waals surface area contributed by atoms with Gasteiger partial charge in [0.15, 0.2) is 9.84 Å². The molecule has 0 aliphatic carbocycles. The van der Waals surface area contributed by atoms with Crippen molar-refractivity contribution < 1.29 is 21.3 Å². The zero-order valence-corrected chi connectivity index (χ0v) is 19.2. The van der Waals surface area contributed by atoms with Gasteiger partial charge >= 0.3 is 0 Å². The largest absolute Gasteiger partial charge is 0.409 e. The number of benzene rings is 1. The minimum absolute atomic E-state index is 0.0583. The van der Waals surface area contributed by atoms with Gasteiger partial charge in [0.05, 0.1) is 23.4 Å². The molecule has 2 fully saturated rings. The smallest absolute Gasteiger partial charge is 0.288 e. The van der Waals surface area contributed by atoms with Gasteiger partial charge in [0, 0.05) is 36.8 Å². The fourth-order valence-electron chi connectivity index (χ4n) is 3.63. The van der Waals surface area contributed by atoms with E-state index in [-0.39, 0.29) is 22.8 Å². The Labute approximate surface area is 185 Å². The summed E-state index contributed by atoms with van der Waals surface area (Å²) in [5, 5.41) is 4.19. The van der Waals surface area contributed by atoms with Crippen LogP contribution in [-0.4, -0.2) is 78.8 Å². The number of rotatable bonds is 5. The van der Waals surface area contributed by atoms with Crippen LogP contribution >= 0.6 is 23.8 Å². The SMILES string of the molecule is O=S1(=O)CCC(S(=O)(=O)N2CCN(Cn3nc(-c4ccc(Cl)cc4)oc3=S)CC2)C1. The predicted octanol–water partition coefficient (Wildman–Crippen LogP) is 1.62. The molecule has 3 heterocycles. The molecule has 2 aromatic rings. The fraction of sp³-hybridized carbons (Fsp3) is 0.529. The van der Waals surface area contributed by atoms with Gasteiger partial charge in [-0.2, -0.15) is 4.31 Å². The van der Waals surface area contributed by atoms with Crippen molar-refractivity contribution in [2.75, 3.05) is 37.7 Å². The third-order valence-electron chi connectivity index (χ3n) is 5.33. The molecule has 13 heteroatoms. The second kappa shape index (κ2) is 8.32. The minimum atomic E-state index is -3.62. The van der Waals surface area contributed by atoms with Gasteiger partial charge in [-0.3, -0.25) is 4.90 Å². The molecule has 1 aromatic heterocycles. The van der Waals surface area contributed by atoms with Gasteiger partial charge < -0.3 is 4.42 Å². The van der Waals surface area contributed by atoms with Crippen molar-refractivity contribution in [3.8, 4) is 11.5 Å². The van der Waals surface area contributed by atoms with Crippen molar-refractivity contribution in [1.29, 1.82) is 0 Å². The molecule has 0 bridgehead atoms. The van der Waals surface area contributed by atoms with Gasteiger partial charge in [-0.15, -0.1) is 5.10 Å². The highest BCUT2D eigenvalue weighted by atomic mass is 35.5. The highest BCUT2D eigenvalue weighted by Gasteiger charge is 2.41. The molecule has 0 amide bonds. The summed E-state index contributed by atoms with van der Waals surface area (Å²) in [6, 6.07) is 7.06. The third kappa shape index (κ3) is 4.63. The molecule has 2 aliphatic rings. The Morgan fingerprint density at radius 2 is 1.83 bits per heavy atom. The fourth-order valence-corrected chi connectivity index (χ4v) is 8.44. The Bertz CT molecular complexity index is 1180. The molecular weight excluding hydrogens is 472 g/mol. The van der Waals surface area contributed by atoms with Gasteiger partial charge in [-0.1, -0.05) is 11.6 Å². The minimum Gasteiger partial charge on any atom is -0.409 e. The molecule has 164 valence electrons. The van der Waals surface area contributed by atoms with E-state index < -0.39 is 25.1 Å². The Hall–Kier alpha value is -1.31. The molecule has 1 aromatic carbocycles. The molecular formula is C17H21ClN4O5S3. The van der Waals surface area contributed by atoms with Crippen LogP contribution in [0.5, 0.6) is 0 Å². The van der Waals surface area contributed by atoms with Crippen LogP contribution < -0.4 is 0 Å². The Morgan fingerprint density at radius 3 is 2.43 bits per heavy atom. The summed E-state index contributed by atoms with van der Waals surface area (Å²) in [5.74, 6) is 0.0502. The van der Waals surface area contributed by atoms with Gasteiger partial charge in [-0.05, 0) is 42.9 Å². The average Bonchev–Trinajstić information content (AvgIpc) is 3.25. The van der Waals surface area contributed by atoms with Gasteiger partial charge in [-0.25, -0.2) is 21.5 Å². The third-order valence-corrected chi connectivity index (χ3v) is 10.2. The summed E-state index contributed by atoms with van der Waals surface area (Å²) in [4.78, 5) is 2.26. The second-order valence-electron chi connectivity index (χ2n) is 7.41. The number of aromatic nitrogens is 2. The summed E-state index contributed by atoms with van der Waals surface area (Å²) in [6.45, 7) is 1.96. The second-order valence-corrected chi connectivity index (χ2v) is 12.6. The molecule has 1 atom stereocenters. The van der Waals surface area contributed by atoms with Crippen LogP contribution in [0.3, 0.4) is 0 Å². The van der Waals surface area contributed by atoms with Crippen molar-refractivity contribution >= 4 is 43.7 Å². The van der Waals surface area contributed by atoms with E-state index in [0.29, 0.717) is 43.8 Å². The highest BCUT2D eigenvalue weighted by Crippen LogP contribution is 2.24. The first-order valence-electron chi connectivity index (χ1n) is 9.40. The summed E-state index contributed by atoms with van der Waals surface area (Å²) in [5.41, 5.74) is 0.756. The molecule has 0 spiro atoms. The summed E-state index contributed by atoms with van der Waals surface area (Å²) < 4.78 is 57.4. The lowest BCUT2D eigenvalue weighted by atomic mass is 10.2. The van der Waals surface area contributed by atoms with Crippen molar-refractivity contribution in [1.82, 2.24) is 19.0 Å². The molecule has 0 radical (unpaired) electrons. The van der Waals surface area contributed by atoms with Crippen LogP contribution in [0.2, 0.25) is 5.02 Å². The number of sulfone groups is 1. The van der Waals surface area contributed by atoms with Crippen molar-refractivity contribution in [2.24, 2.45) is 0 Å². The number of nitrogens with zero attached hydrogens (tertiary/aromatic N) is 4. The molecule has 2 saturated heterocycles. The van der Waals surface area contributed by atoms with Crippen LogP contribution in [0.4, 0.5) is 0 Å². The maximum absolute atomic E-state index is 12.8. The Balaban J connectivity index is 1.38. The molecule has 30 heavy (non-hydrogen) atoms. The van der Waals surface area contributed by atoms with Crippen LogP contribution in [0, 0.1) is 4.84 Å². The molecule has 4 rings (SSSR count). The van der Waals surface area contributed by atoms with Gasteiger partial charge in [0.1, 0.15) is 0 Å². The van der Waals surface area contributed by atoms with Crippen molar-refractivity contribution in [2.45, 2.75) is 18.3 Å². The van der Waals surface area contributed by atoms with E-state index >= 15 is 0 Å². The van der Waals surface area contributed by atoms with Crippen LogP contribution in [-0.2, 0) is 26.5 Å². The van der Waals surface area contributed by atoms with Crippen LogP contribution in [0.15, 0.2) is 28.7 Å². The standard InChI is InChI=1S/C17H21ClN4O5S3/c18-14-3-1-13(2-4-14)16-19-22(17(28)27-16)12-20-6-8-21(9-7-20)30(25,26)15-5-10-29(23,24)11-15/h1-4,15H,5-12H2. The number of sulfonamides is 1. The number of hydrogen-bond acceptors (Lipinski definition) is 8. The molecule has 0 saturated carbocycles. The number of hydrogen-bond donors (Lipinski definition) is 0. The Kier molecular flexibility index (Phi) is 6.08. The Morgan fingerprint density at radius 1 is 1.17 bits per heavy atom. The first-order valence-corrected chi connectivity index (χ1v) is 13.5. The lowest BCUT2D eigenvalue weighted by Crippen LogP contribution is -2.51. The predicted molar refractivity (Wildman–Crippen MR) is 115 cm³/mol. The van der Waals surface area contributed by atoms with Crippen molar-refractivity contribution in [3.63, 3.8) is 0 Å². The van der Waals surface area contributed by atoms with E-state index in [1.54, 1.807) is 28.9 Å². The maximum Gasteiger partial charge on any atom is 0.288 e. The van der Waals surface area contributed by atoms with E-state index in [9.17, 15) is 16.8 Å². The van der Waals surface area contributed by atoms with Gasteiger partial charge in [0.2, 0.25) is 15.9 Å². The topological polar surface area (TPSA) is 106 Å². The lowest BCUT2D eigenvalue weighted by Gasteiger charge is -2.34. The first kappa shape index (κ1) is 21.9. The molecule has 9 nitrogen and oxygen atoms in total. The van der Waals surface area contributed by atoms with E-state index in [1.807, 2.05) is 4.90 Å². The molecule has 1 unspecified atom stereocenters. The van der Waals surface area contributed by atoms with Gasteiger partial charge in [0.25, 0.3) is 4.84 Å². The zero-order valence-electron chi connectivity index (χ0n) is 16.0. The van der Waals surface area contributed by atoms with Crippen molar-refractivity contribution in [3.05, 3.63) is 34.1 Å². The molecule has 0 N–H and O–H groups in total. The van der Waals surface area contributed by atoms with E-state index in [4.69, 9.17) is 28.2 Å². The summed E-state index contributed by atoms with van der Waals surface area (Å²) >= 11 is 11.2. The lowest BCUT2D eigenvalue weighted by molar-refractivity contribution is 0.143. The summed E-state index contributed by atoms with van der Waals surface area (Å²) in [6.07, 6.45) is 0.173. The van der Waals surface area contributed by atoms with E-state index in [2.05, 4.69) is 5.10 Å². The number of halogens is 1. The number of piperazine rings is 1. The summed E-state index contributed by atoms with van der Waals surface area (Å²) in [7, 11) is -6.87. The monoisotopic (exact) mass is 492 g/mol. The quantitative estimate of drug-likeness (QED) is 0.580.